The predicted octanol–water partition coefficient (Wildman–Crippen LogP) is 3.62. The van der Waals surface area contributed by atoms with Crippen LogP contribution >= 0.6 is 15.9 Å². The van der Waals surface area contributed by atoms with E-state index >= 15 is 0 Å². The number of aromatic hydroxyl groups is 1. The van der Waals surface area contributed by atoms with Gasteiger partial charge < -0.3 is 5.11 Å². The first-order valence-corrected chi connectivity index (χ1v) is 8.26. The first kappa shape index (κ1) is 16.9. The highest BCUT2D eigenvalue weighted by molar-refractivity contribution is 9.10. The smallest absolute Gasteiger partial charge is 0.275 e. The number of carbonyl (C=O) groups is 1. The number of halogens is 1. The maximum Gasteiger partial charge on any atom is 0.275 e. The van der Waals surface area contributed by atoms with Gasteiger partial charge in [-0.3, -0.25) is 9.89 Å². The number of carbonyl (C=O) groups excluding carboxylic acids is 1. The van der Waals surface area contributed by atoms with Crippen molar-refractivity contribution >= 4 is 28.1 Å². The van der Waals surface area contributed by atoms with E-state index in [1.54, 1.807) is 12.3 Å². The monoisotopic (exact) mass is 398 g/mol. The number of aromatic nitrogens is 2. The molecule has 6 nitrogen and oxygen atoms in total. The van der Waals surface area contributed by atoms with E-state index in [4.69, 9.17) is 0 Å². The zero-order valence-electron chi connectivity index (χ0n) is 13.3. The van der Waals surface area contributed by atoms with Gasteiger partial charge in [0.2, 0.25) is 0 Å². The zero-order chi connectivity index (χ0) is 17.8. The second-order valence-electron chi connectivity index (χ2n) is 5.43. The molecule has 7 heteroatoms. The Hall–Kier alpha value is -2.93. The van der Waals surface area contributed by atoms with Gasteiger partial charge in [0, 0.05) is 15.6 Å². The van der Waals surface area contributed by atoms with Gasteiger partial charge in [0.05, 0.1) is 23.7 Å². The Balaban J connectivity index is 1.75. The number of hydrogen-bond acceptors (Lipinski definition) is 4. The molecule has 0 aliphatic rings. The lowest BCUT2D eigenvalue weighted by atomic mass is 10.1. The van der Waals surface area contributed by atoms with Crippen LogP contribution in [-0.2, 0) is 0 Å². The summed E-state index contributed by atoms with van der Waals surface area (Å²) in [4.78, 5) is 12.1. The summed E-state index contributed by atoms with van der Waals surface area (Å²) < 4.78 is 0.691. The molecule has 3 N–H and O–H groups in total. The number of phenols is 1. The zero-order valence-corrected chi connectivity index (χ0v) is 14.9. The summed E-state index contributed by atoms with van der Waals surface area (Å²) in [6.07, 6.45) is 3.13. The first-order chi connectivity index (χ1) is 12.0. The van der Waals surface area contributed by atoms with Gasteiger partial charge >= 0.3 is 0 Å². The van der Waals surface area contributed by atoms with E-state index in [0.717, 1.165) is 16.8 Å². The van der Waals surface area contributed by atoms with E-state index in [-0.39, 0.29) is 11.3 Å². The third kappa shape index (κ3) is 3.95. The number of nitrogens with zero attached hydrogens (tertiary/aromatic N) is 2. The molecule has 0 saturated heterocycles. The normalized spacial score (nSPS) is 11.0. The Kier molecular flexibility index (Phi) is 4.95. The molecule has 0 fully saturated rings. The third-order valence-electron chi connectivity index (χ3n) is 3.58. The van der Waals surface area contributed by atoms with Crippen LogP contribution in [0.4, 0.5) is 0 Å². The van der Waals surface area contributed by atoms with Crippen molar-refractivity contribution in [2.75, 3.05) is 0 Å². The van der Waals surface area contributed by atoms with Gasteiger partial charge in [-0.15, -0.1) is 0 Å². The second-order valence-corrected chi connectivity index (χ2v) is 6.34. The van der Waals surface area contributed by atoms with E-state index < -0.39 is 5.91 Å². The molecule has 3 aromatic rings. The molecule has 126 valence electrons. The lowest BCUT2D eigenvalue weighted by Crippen LogP contribution is -2.17. The highest BCUT2D eigenvalue weighted by atomic mass is 79.9. The Labute approximate surface area is 152 Å². The number of benzene rings is 2. The van der Waals surface area contributed by atoms with E-state index in [9.17, 15) is 9.90 Å². The summed E-state index contributed by atoms with van der Waals surface area (Å²) >= 11 is 3.26. The third-order valence-corrected chi connectivity index (χ3v) is 4.08. The number of aromatic amines is 1. The standard InChI is InChI=1S/C18H15BrN4O2/c1-11-2-4-12(5-3-11)17-13(9-20-22-17)10-21-23-18(25)15-8-14(19)6-7-16(15)24/h2-10,24H,1H3,(H,20,22)(H,23,25). The van der Waals surface area contributed by atoms with Gasteiger partial charge in [-0.2, -0.15) is 10.2 Å². The average Bonchev–Trinajstić information content (AvgIpc) is 3.06. The van der Waals surface area contributed by atoms with E-state index in [0.29, 0.717) is 4.47 Å². The van der Waals surface area contributed by atoms with Crippen LogP contribution in [0, 0.1) is 6.92 Å². The molecule has 3 rings (SSSR count). The first-order valence-electron chi connectivity index (χ1n) is 7.47. The molecular formula is C18H15BrN4O2. The fraction of sp³-hybridized carbons (Fsp3) is 0.0556. The van der Waals surface area contributed by atoms with Crippen molar-refractivity contribution in [1.82, 2.24) is 15.6 Å². The van der Waals surface area contributed by atoms with Crippen molar-refractivity contribution in [1.29, 1.82) is 0 Å². The molecule has 25 heavy (non-hydrogen) atoms. The van der Waals surface area contributed by atoms with Crippen molar-refractivity contribution in [3.8, 4) is 17.0 Å². The SMILES string of the molecule is Cc1ccc(-c2[nH]ncc2C=NNC(=O)c2cc(Br)ccc2O)cc1. The van der Waals surface area contributed by atoms with Crippen LogP contribution in [0.15, 0.2) is 58.2 Å². The maximum absolute atomic E-state index is 12.1. The minimum Gasteiger partial charge on any atom is -0.507 e. The summed E-state index contributed by atoms with van der Waals surface area (Å²) in [5.41, 5.74) is 6.22. The molecule has 0 unspecified atom stereocenters. The summed E-state index contributed by atoms with van der Waals surface area (Å²) in [5.74, 6) is -0.616. The Morgan fingerprint density at radius 2 is 2.04 bits per heavy atom. The molecule has 1 amide bonds. The van der Waals surface area contributed by atoms with Gasteiger partial charge in [-0.05, 0) is 25.1 Å². The molecule has 1 heterocycles. The number of phenolic OH excluding ortho intramolecular Hbond substituents is 1. The quantitative estimate of drug-likeness (QED) is 0.462. The van der Waals surface area contributed by atoms with Gasteiger partial charge in [-0.25, -0.2) is 5.43 Å². The fourth-order valence-electron chi connectivity index (χ4n) is 2.26. The van der Waals surface area contributed by atoms with Crippen molar-refractivity contribution in [2.45, 2.75) is 6.92 Å². The van der Waals surface area contributed by atoms with Gasteiger partial charge in [0.25, 0.3) is 5.91 Å². The summed E-state index contributed by atoms with van der Waals surface area (Å²) in [5, 5.41) is 20.7. The summed E-state index contributed by atoms with van der Waals surface area (Å²) in [7, 11) is 0. The van der Waals surface area contributed by atoms with Crippen LogP contribution in [0.2, 0.25) is 0 Å². The second kappa shape index (κ2) is 7.31. The molecule has 0 spiro atoms. The Bertz CT molecular complexity index is 933. The number of H-pyrrole nitrogens is 1. The summed E-state index contributed by atoms with van der Waals surface area (Å²) in [6.45, 7) is 2.02. The van der Waals surface area contributed by atoms with Crippen molar-refractivity contribution < 1.29 is 9.90 Å². The Morgan fingerprint density at radius 1 is 1.28 bits per heavy atom. The lowest BCUT2D eigenvalue weighted by Gasteiger charge is -2.03. The predicted molar refractivity (Wildman–Crippen MR) is 99.6 cm³/mol. The summed E-state index contributed by atoms with van der Waals surface area (Å²) in [6, 6.07) is 12.6. The van der Waals surface area contributed by atoms with Crippen LogP contribution in [0.3, 0.4) is 0 Å². The molecule has 0 aliphatic carbocycles. The maximum atomic E-state index is 12.1. The molecule has 2 aromatic carbocycles. The number of hydrazone groups is 1. The van der Waals surface area contributed by atoms with E-state index in [2.05, 4.69) is 36.7 Å². The highest BCUT2D eigenvalue weighted by Crippen LogP contribution is 2.22. The lowest BCUT2D eigenvalue weighted by molar-refractivity contribution is 0.0952. The molecular weight excluding hydrogens is 384 g/mol. The molecule has 0 saturated carbocycles. The van der Waals surface area contributed by atoms with Gasteiger partial charge in [0.15, 0.2) is 0 Å². The van der Waals surface area contributed by atoms with Crippen molar-refractivity contribution in [3.05, 3.63) is 69.8 Å². The number of amides is 1. The van der Waals surface area contributed by atoms with Gasteiger partial charge in [0.1, 0.15) is 5.75 Å². The number of hydrogen-bond donors (Lipinski definition) is 3. The van der Waals surface area contributed by atoms with Crippen LogP contribution < -0.4 is 5.43 Å². The molecule has 0 atom stereocenters. The molecule has 1 aromatic heterocycles. The van der Waals surface area contributed by atoms with E-state index in [1.165, 1.54) is 23.9 Å². The van der Waals surface area contributed by atoms with Crippen LogP contribution in [-0.4, -0.2) is 27.4 Å². The van der Waals surface area contributed by atoms with Crippen LogP contribution in [0.5, 0.6) is 5.75 Å². The van der Waals surface area contributed by atoms with Crippen LogP contribution in [0.1, 0.15) is 21.5 Å². The van der Waals surface area contributed by atoms with Gasteiger partial charge in [-0.1, -0.05) is 45.8 Å². The Morgan fingerprint density at radius 3 is 2.80 bits per heavy atom. The molecule has 0 radical (unpaired) electrons. The number of aryl methyl sites for hydroxylation is 1. The molecule has 0 aliphatic heterocycles. The molecule has 0 bridgehead atoms. The van der Waals surface area contributed by atoms with Crippen molar-refractivity contribution in [2.24, 2.45) is 5.10 Å². The topological polar surface area (TPSA) is 90.4 Å². The average molecular weight is 399 g/mol. The highest BCUT2D eigenvalue weighted by Gasteiger charge is 2.11. The number of nitrogens with one attached hydrogen (secondary N) is 2. The van der Waals surface area contributed by atoms with Crippen molar-refractivity contribution in [3.63, 3.8) is 0 Å². The minimum atomic E-state index is -0.504. The fourth-order valence-corrected chi connectivity index (χ4v) is 2.62. The largest absolute Gasteiger partial charge is 0.507 e. The van der Waals surface area contributed by atoms with Crippen LogP contribution in [0.25, 0.3) is 11.3 Å². The minimum absolute atomic E-state index is 0.112. The number of rotatable bonds is 4. The van der Waals surface area contributed by atoms with E-state index in [1.807, 2.05) is 31.2 Å².